The summed E-state index contributed by atoms with van der Waals surface area (Å²) in [6, 6.07) is 0. The lowest BCUT2D eigenvalue weighted by atomic mass is 9.73. The zero-order chi connectivity index (χ0) is 14.3. The number of oxime groups is 1. The minimum atomic E-state index is -0.134. The van der Waals surface area contributed by atoms with E-state index < -0.39 is 0 Å². The third kappa shape index (κ3) is 2.21. The molecule has 3 saturated heterocycles. The highest BCUT2D eigenvalue weighted by Crippen LogP contribution is 2.43. The Labute approximate surface area is 123 Å². The molecule has 0 amide bonds. The molecule has 2 bridgehead atoms. The van der Waals surface area contributed by atoms with Gasteiger partial charge in [-0.3, -0.25) is 4.90 Å². The summed E-state index contributed by atoms with van der Waals surface area (Å²) >= 11 is 0. The second-order valence-corrected chi connectivity index (χ2v) is 5.99. The molecule has 21 heavy (non-hydrogen) atoms. The van der Waals surface area contributed by atoms with Gasteiger partial charge in [-0.1, -0.05) is 5.16 Å². The van der Waals surface area contributed by atoms with Crippen LogP contribution in [-0.2, 0) is 4.84 Å². The number of nitrogens with one attached hydrogen (secondary N) is 1. The number of piperidine rings is 3. The van der Waals surface area contributed by atoms with Crippen molar-refractivity contribution in [2.75, 3.05) is 32.1 Å². The summed E-state index contributed by atoms with van der Waals surface area (Å²) in [5.41, 5.74) is -0.134. The third-order valence-corrected chi connectivity index (χ3v) is 4.75. The van der Waals surface area contributed by atoms with E-state index in [1.807, 2.05) is 0 Å². The second kappa shape index (κ2) is 4.84. The lowest BCUT2D eigenvalue weighted by molar-refractivity contribution is -0.136. The summed E-state index contributed by atoms with van der Waals surface area (Å²) in [5, 5.41) is 7.39. The molecule has 1 aromatic heterocycles. The van der Waals surface area contributed by atoms with E-state index in [-0.39, 0.29) is 5.60 Å². The average molecular weight is 289 g/mol. The van der Waals surface area contributed by atoms with Crippen LogP contribution in [0.3, 0.4) is 0 Å². The normalized spacial score (nSPS) is 33.7. The van der Waals surface area contributed by atoms with Crippen molar-refractivity contribution >= 4 is 11.8 Å². The maximum absolute atomic E-state index is 5.85. The van der Waals surface area contributed by atoms with Gasteiger partial charge in [0.25, 0.3) is 0 Å². The van der Waals surface area contributed by atoms with E-state index in [2.05, 4.69) is 25.3 Å². The van der Waals surface area contributed by atoms with Gasteiger partial charge >= 0.3 is 0 Å². The van der Waals surface area contributed by atoms with E-state index in [0.717, 1.165) is 18.8 Å². The van der Waals surface area contributed by atoms with Gasteiger partial charge in [-0.25, -0.2) is 9.97 Å². The van der Waals surface area contributed by atoms with Crippen molar-refractivity contribution in [3.05, 3.63) is 12.4 Å². The van der Waals surface area contributed by atoms with Crippen molar-refractivity contribution in [3.8, 4) is 5.75 Å². The number of amidine groups is 1. The Morgan fingerprint density at radius 2 is 2.10 bits per heavy atom. The number of fused-ring (bicyclic) bond motifs is 2. The van der Waals surface area contributed by atoms with Gasteiger partial charge in [0, 0.05) is 12.5 Å². The molecule has 4 aliphatic heterocycles. The molecule has 7 nitrogen and oxygen atoms in total. The zero-order valence-corrected chi connectivity index (χ0v) is 12.1. The van der Waals surface area contributed by atoms with Gasteiger partial charge in [0.15, 0.2) is 17.2 Å². The summed E-state index contributed by atoms with van der Waals surface area (Å²) in [4.78, 5) is 16.7. The molecule has 0 radical (unpaired) electrons. The van der Waals surface area contributed by atoms with Crippen molar-refractivity contribution in [2.24, 2.45) is 11.1 Å². The van der Waals surface area contributed by atoms with Gasteiger partial charge < -0.3 is 14.9 Å². The zero-order valence-electron chi connectivity index (χ0n) is 12.1. The number of aromatic nitrogens is 2. The van der Waals surface area contributed by atoms with Crippen LogP contribution >= 0.6 is 0 Å². The molecule has 1 atom stereocenters. The molecule has 1 spiro atoms. The molecule has 112 valence electrons. The fraction of sp³-hybridized carbons (Fsp3) is 0.643. The highest BCUT2D eigenvalue weighted by molar-refractivity contribution is 5.95. The fourth-order valence-electron chi connectivity index (χ4n) is 3.60. The monoisotopic (exact) mass is 289 g/mol. The van der Waals surface area contributed by atoms with Crippen molar-refractivity contribution < 1.29 is 9.57 Å². The Hall–Kier alpha value is -1.89. The summed E-state index contributed by atoms with van der Waals surface area (Å²) in [7, 11) is 1.60. The Bertz CT molecular complexity index is 553. The predicted octanol–water partition coefficient (Wildman–Crippen LogP) is 1.10. The highest BCUT2D eigenvalue weighted by Gasteiger charge is 2.52. The van der Waals surface area contributed by atoms with Crippen LogP contribution < -0.4 is 10.1 Å². The minimum Gasteiger partial charge on any atom is -0.494 e. The van der Waals surface area contributed by atoms with E-state index in [1.54, 1.807) is 19.5 Å². The quantitative estimate of drug-likeness (QED) is 0.879. The van der Waals surface area contributed by atoms with Crippen molar-refractivity contribution in [3.63, 3.8) is 0 Å². The first kappa shape index (κ1) is 12.8. The first-order valence-corrected chi connectivity index (χ1v) is 7.38. The number of nitrogens with zero attached hydrogens (tertiary/aromatic N) is 4. The molecule has 7 heteroatoms. The van der Waals surface area contributed by atoms with Gasteiger partial charge in [-0.05, 0) is 25.9 Å². The summed E-state index contributed by atoms with van der Waals surface area (Å²) < 4.78 is 5.05. The Balaban J connectivity index is 1.44. The molecular formula is C14H19N5O2. The lowest BCUT2D eigenvalue weighted by Crippen LogP contribution is -2.59. The average Bonchev–Trinajstić information content (AvgIpc) is 2.91. The third-order valence-electron chi connectivity index (χ3n) is 4.75. The highest BCUT2D eigenvalue weighted by atomic mass is 16.7. The van der Waals surface area contributed by atoms with Crippen LogP contribution in [0, 0.1) is 5.92 Å². The van der Waals surface area contributed by atoms with Gasteiger partial charge in [-0.15, -0.1) is 0 Å². The Morgan fingerprint density at radius 3 is 2.71 bits per heavy atom. The largest absolute Gasteiger partial charge is 0.494 e. The summed E-state index contributed by atoms with van der Waals surface area (Å²) in [5.74, 6) is 2.59. The number of ether oxygens (including phenoxy) is 1. The number of hydrogen-bond donors (Lipinski definition) is 1. The summed E-state index contributed by atoms with van der Waals surface area (Å²) in [6.45, 7) is 3.37. The topological polar surface area (TPSA) is 71.9 Å². The maximum atomic E-state index is 5.85. The van der Waals surface area contributed by atoms with E-state index in [4.69, 9.17) is 9.57 Å². The van der Waals surface area contributed by atoms with Gasteiger partial charge in [0.1, 0.15) is 0 Å². The van der Waals surface area contributed by atoms with Crippen LogP contribution in [0.25, 0.3) is 0 Å². The SMILES string of the molecule is COc1cnc(NC2=NOC3(C2)CN2CCC3CC2)nc1. The van der Waals surface area contributed by atoms with E-state index >= 15 is 0 Å². The molecule has 1 unspecified atom stereocenters. The minimum absolute atomic E-state index is 0.134. The lowest BCUT2D eigenvalue weighted by Gasteiger charge is -2.49. The number of anilines is 1. The molecule has 3 fully saturated rings. The Morgan fingerprint density at radius 1 is 1.33 bits per heavy atom. The first-order chi connectivity index (χ1) is 10.3. The van der Waals surface area contributed by atoms with Gasteiger partial charge in [0.05, 0.1) is 25.9 Å². The number of methoxy groups -OCH3 is 1. The van der Waals surface area contributed by atoms with Crippen molar-refractivity contribution in [1.29, 1.82) is 0 Å². The molecule has 5 heterocycles. The molecule has 1 N–H and O–H groups in total. The molecule has 1 aromatic rings. The molecular weight excluding hydrogens is 270 g/mol. The van der Waals surface area contributed by atoms with Crippen LogP contribution in [-0.4, -0.2) is 53.0 Å². The molecule has 0 saturated carbocycles. The smallest absolute Gasteiger partial charge is 0.228 e. The first-order valence-electron chi connectivity index (χ1n) is 7.38. The number of rotatable bonds is 2. The molecule has 0 aromatic carbocycles. The van der Waals surface area contributed by atoms with E-state index in [1.165, 1.54) is 25.9 Å². The van der Waals surface area contributed by atoms with E-state index in [9.17, 15) is 0 Å². The maximum Gasteiger partial charge on any atom is 0.228 e. The van der Waals surface area contributed by atoms with Crippen LogP contribution in [0.4, 0.5) is 5.95 Å². The Kier molecular flexibility index (Phi) is 2.95. The van der Waals surface area contributed by atoms with Crippen LogP contribution in [0.5, 0.6) is 5.75 Å². The van der Waals surface area contributed by atoms with E-state index in [0.29, 0.717) is 17.6 Å². The predicted molar refractivity (Wildman–Crippen MR) is 77.2 cm³/mol. The van der Waals surface area contributed by atoms with Crippen molar-refractivity contribution in [2.45, 2.75) is 24.9 Å². The van der Waals surface area contributed by atoms with Gasteiger partial charge in [0.2, 0.25) is 5.95 Å². The summed E-state index contributed by atoms with van der Waals surface area (Å²) in [6.07, 6.45) is 6.50. The second-order valence-electron chi connectivity index (χ2n) is 5.99. The number of hydrogen-bond acceptors (Lipinski definition) is 7. The van der Waals surface area contributed by atoms with Crippen LogP contribution in [0.2, 0.25) is 0 Å². The molecule has 0 aliphatic carbocycles. The fourth-order valence-corrected chi connectivity index (χ4v) is 3.60. The molecule has 4 aliphatic rings. The van der Waals surface area contributed by atoms with Crippen LogP contribution in [0.1, 0.15) is 19.3 Å². The standard InChI is InChI=1S/C14H19N5O2/c1-20-11-7-15-13(16-8-11)17-12-6-14(21-18-12)9-19-4-2-10(14)3-5-19/h7-8,10H,2-6,9H2,1H3,(H,15,16,17,18). The van der Waals surface area contributed by atoms with Gasteiger partial charge in [-0.2, -0.15) is 0 Å². The van der Waals surface area contributed by atoms with Crippen LogP contribution in [0.15, 0.2) is 17.5 Å². The molecule has 5 rings (SSSR count). The van der Waals surface area contributed by atoms with Crippen molar-refractivity contribution in [1.82, 2.24) is 14.9 Å².